The number of nitrogens with zero attached hydrogens (tertiary/aromatic N) is 1. The zero-order valence-electron chi connectivity index (χ0n) is 17.8. The van der Waals surface area contributed by atoms with Gasteiger partial charge in [-0.15, -0.1) is 11.3 Å². The van der Waals surface area contributed by atoms with Gasteiger partial charge in [-0.25, -0.2) is 0 Å². The lowest BCUT2D eigenvalue weighted by atomic mass is 10.1. The average Bonchev–Trinajstić information content (AvgIpc) is 3.20. The first-order valence-electron chi connectivity index (χ1n) is 10.7. The van der Waals surface area contributed by atoms with Crippen LogP contribution in [-0.4, -0.2) is 17.6 Å². The number of carbonyl (C=O) groups excluding carboxylic acids is 1. The van der Waals surface area contributed by atoms with Crippen LogP contribution in [0.1, 0.15) is 38.8 Å². The van der Waals surface area contributed by atoms with Crippen molar-refractivity contribution in [1.29, 1.82) is 0 Å². The number of aryl methyl sites for hydroxylation is 1. The largest absolute Gasteiger partial charge is 0.489 e. The van der Waals surface area contributed by atoms with Gasteiger partial charge in [0.15, 0.2) is 11.5 Å². The number of hydrogen-bond donors (Lipinski definition) is 1. The van der Waals surface area contributed by atoms with Crippen LogP contribution in [0, 0.1) is 12.8 Å². The summed E-state index contributed by atoms with van der Waals surface area (Å²) in [5.74, 6) is 2.23. The third-order valence-electron chi connectivity index (χ3n) is 5.89. The smallest absolute Gasteiger partial charge is 0.273 e. The summed E-state index contributed by atoms with van der Waals surface area (Å²) in [7, 11) is 0. The minimum atomic E-state index is -0.199. The molecule has 5 nitrogen and oxygen atoms in total. The van der Waals surface area contributed by atoms with E-state index in [1.165, 1.54) is 10.4 Å². The Balaban J connectivity index is 1.14. The predicted octanol–water partition coefficient (Wildman–Crippen LogP) is 5.82. The summed E-state index contributed by atoms with van der Waals surface area (Å²) in [6.45, 7) is 3.26. The molecule has 1 aliphatic carbocycles. The van der Waals surface area contributed by atoms with Gasteiger partial charge in [0, 0.05) is 23.1 Å². The van der Waals surface area contributed by atoms with E-state index in [2.05, 4.69) is 47.0 Å². The first-order chi connectivity index (χ1) is 15.7. The standard InChI is InChI=1S/C26H24N2O3S/c1-17-5-2-3-6-19(17)16-30-21-10-8-18(9-11-21)24-14-23(28-31-24)26(29)27-15-20-13-22(20)25-7-4-12-32-25/h2-12,14,20,22H,13,15-16H2,1H3,(H,27,29). The number of rotatable bonds is 8. The Morgan fingerprint density at radius 3 is 2.78 bits per heavy atom. The summed E-state index contributed by atoms with van der Waals surface area (Å²) in [5.41, 5.74) is 3.52. The van der Waals surface area contributed by atoms with E-state index in [0.29, 0.717) is 36.4 Å². The van der Waals surface area contributed by atoms with E-state index in [1.807, 2.05) is 36.4 Å². The second-order valence-corrected chi connectivity index (χ2v) is 9.12. The van der Waals surface area contributed by atoms with Crippen LogP contribution in [0.15, 0.2) is 76.6 Å². The number of carbonyl (C=O) groups is 1. The van der Waals surface area contributed by atoms with Crippen molar-refractivity contribution in [2.24, 2.45) is 5.92 Å². The van der Waals surface area contributed by atoms with Gasteiger partial charge in [-0.05, 0) is 72.0 Å². The molecule has 6 heteroatoms. The van der Waals surface area contributed by atoms with Gasteiger partial charge in [-0.2, -0.15) is 0 Å². The monoisotopic (exact) mass is 444 g/mol. The SMILES string of the molecule is Cc1ccccc1COc1ccc(-c2cc(C(=O)NCC3CC3c3cccs3)no2)cc1. The van der Waals surface area contributed by atoms with Crippen LogP contribution in [0.4, 0.5) is 0 Å². The zero-order chi connectivity index (χ0) is 21.9. The molecule has 1 N–H and O–H groups in total. The molecule has 0 saturated heterocycles. The Morgan fingerprint density at radius 2 is 2.00 bits per heavy atom. The minimum Gasteiger partial charge on any atom is -0.489 e. The Kier molecular flexibility index (Phi) is 5.77. The molecule has 2 heterocycles. The van der Waals surface area contributed by atoms with Crippen molar-refractivity contribution in [1.82, 2.24) is 10.5 Å². The normalized spacial score (nSPS) is 17.2. The summed E-state index contributed by atoms with van der Waals surface area (Å²) >= 11 is 1.78. The van der Waals surface area contributed by atoms with E-state index < -0.39 is 0 Å². The van der Waals surface area contributed by atoms with E-state index in [-0.39, 0.29) is 5.91 Å². The fourth-order valence-electron chi connectivity index (χ4n) is 3.81. The molecule has 0 spiro atoms. The highest BCUT2D eigenvalue weighted by Crippen LogP contribution is 2.48. The van der Waals surface area contributed by atoms with Crippen LogP contribution < -0.4 is 10.1 Å². The molecule has 162 valence electrons. The number of thiophene rings is 1. The van der Waals surface area contributed by atoms with Gasteiger partial charge in [-0.1, -0.05) is 35.5 Å². The Bertz CT molecular complexity index is 1200. The number of nitrogens with one attached hydrogen (secondary N) is 1. The average molecular weight is 445 g/mol. The molecule has 2 aromatic carbocycles. The van der Waals surface area contributed by atoms with E-state index >= 15 is 0 Å². The molecule has 5 rings (SSSR count). The van der Waals surface area contributed by atoms with E-state index in [9.17, 15) is 4.79 Å². The fraction of sp³-hybridized carbons (Fsp3) is 0.231. The number of aromatic nitrogens is 1. The van der Waals surface area contributed by atoms with Gasteiger partial charge < -0.3 is 14.6 Å². The molecule has 4 aromatic rings. The molecule has 1 amide bonds. The molecule has 1 fully saturated rings. The highest BCUT2D eigenvalue weighted by Gasteiger charge is 2.39. The van der Waals surface area contributed by atoms with Crippen molar-refractivity contribution in [2.75, 3.05) is 6.54 Å². The van der Waals surface area contributed by atoms with Crippen LogP contribution in [0.5, 0.6) is 5.75 Å². The van der Waals surface area contributed by atoms with Crippen LogP contribution >= 0.6 is 11.3 Å². The molecule has 32 heavy (non-hydrogen) atoms. The zero-order valence-corrected chi connectivity index (χ0v) is 18.6. The van der Waals surface area contributed by atoms with Crippen molar-refractivity contribution < 1.29 is 14.1 Å². The Labute approximate surface area is 191 Å². The van der Waals surface area contributed by atoms with Crippen molar-refractivity contribution in [2.45, 2.75) is 25.9 Å². The maximum absolute atomic E-state index is 12.5. The molecule has 2 unspecified atom stereocenters. The number of ether oxygens (including phenoxy) is 1. The lowest BCUT2D eigenvalue weighted by Crippen LogP contribution is -2.26. The van der Waals surface area contributed by atoms with E-state index in [0.717, 1.165) is 23.3 Å². The number of benzene rings is 2. The van der Waals surface area contributed by atoms with Crippen molar-refractivity contribution >= 4 is 17.2 Å². The highest BCUT2D eigenvalue weighted by atomic mass is 32.1. The van der Waals surface area contributed by atoms with Crippen molar-refractivity contribution in [3.05, 3.63) is 93.8 Å². The van der Waals surface area contributed by atoms with Gasteiger partial charge >= 0.3 is 0 Å². The third-order valence-corrected chi connectivity index (χ3v) is 6.90. The quantitative estimate of drug-likeness (QED) is 0.372. The summed E-state index contributed by atoms with van der Waals surface area (Å²) in [4.78, 5) is 13.9. The molecule has 0 aliphatic heterocycles. The summed E-state index contributed by atoms with van der Waals surface area (Å²) in [6, 6.07) is 21.7. The van der Waals surface area contributed by atoms with Crippen LogP contribution in [0.25, 0.3) is 11.3 Å². The van der Waals surface area contributed by atoms with Gasteiger partial charge in [0.1, 0.15) is 12.4 Å². The minimum absolute atomic E-state index is 0.199. The van der Waals surface area contributed by atoms with Crippen LogP contribution in [0.3, 0.4) is 0 Å². The summed E-state index contributed by atoms with van der Waals surface area (Å²) in [5, 5.41) is 9.04. The second kappa shape index (κ2) is 9.01. The van der Waals surface area contributed by atoms with Gasteiger partial charge in [0.2, 0.25) is 0 Å². The van der Waals surface area contributed by atoms with Crippen LogP contribution in [0.2, 0.25) is 0 Å². The lowest BCUT2D eigenvalue weighted by Gasteiger charge is -2.08. The second-order valence-electron chi connectivity index (χ2n) is 8.14. The van der Waals surface area contributed by atoms with E-state index in [4.69, 9.17) is 9.26 Å². The third kappa shape index (κ3) is 4.60. The molecule has 1 aliphatic rings. The summed E-state index contributed by atoms with van der Waals surface area (Å²) in [6.07, 6.45) is 1.13. The number of amides is 1. The lowest BCUT2D eigenvalue weighted by molar-refractivity contribution is 0.0942. The van der Waals surface area contributed by atoms with E-state index in [1.54, 1.807) is 17.4 Å². The summed E-state index contributed by atoms with van der Waals surface area (Å²) < 4.78 is 11.3. The molecule has 0 bridgehead atoms. The molecule has 0 radical (unpaired) electrons. The van der Waals surface area contributed by atoms with Gasteiger partial charge in [0.05, 0.1) is 0 Å². The maximum atomic E-state index is 12.5. The molecular weight excluding hydrogens is 420 g/mol. The van der Waals surface area contributed by atoms with Crippen molar-refractivity contribution in [3.8, 4) is 17.1 Å². The number of hydrogen-bond acceptors (Lipinski definition) is 5. The van der Waals surface area contributed by atoms with Gasteiger partial charge in [0.25, 0.3) is 5.91 Å². The maximum Gasteiger partial charge on any atom is 0.273 e. The van der Waals surface area contributed by atoms with Crippen molar-refractivity contribution in [3.63, 3.8) is 0 Å². The fourth-order valence-corrected chi connectivity index (χ4v) is 4.74. The first kappa shape index (κ1) is 20.5. The highest BCUT2D eigenvalue weighted by molar-refractivity contribution is 7.10. The molecule has 1 saturated carbocycles. The topological polar surface area (TPSA) is 64.4 Å². The predicted molar refractivity (Wildman–Crippen MR) is 125 cm³/mol. The Morgan fingerprint density at radius 1 is 1.16 bits per heavy atom. The molecule has 2 atom stereocenters. The van der Waals surface area contributed by atoms with Gasteiger partial charge in [-0.3, -0.25) is 4.79 Å². The molecular formula is C26H24N2O3S. The first-order valence-corrected chi connectivity index (χ1v) is 11.6. The molecule has 2 aromatic heterocycles. The van der Waals surface area contributed by atoms with Crippen LogP contribution in [-0.2, 0) is 6.61 Å². The Hall–Kier alpha value is -3.38.